The van der Waals surface area contributed by atoms with Gasteiger partial charge in [0, 0.05) is 32.0 Å². The molecular weight excluding hydrogens is 338 g/mol. The lowest BCUT2D eigenvalue weighted by atomic mass is 9.86. The fourth-order valence-electron chi connectivity index (χ4n) is 4.74. The van der Waals surface area contributed by atoms with Crippen molar-refractivity contribution >= 4 is 5.91 Å². The Morgan fingerprint density at radius 3 is 2.41 bits per heavy atom. The van der Waals surface area contributed by atoms with Gasteiger partial charge in [-0.05, 0) is 46.2 Å². The van der Waals surface area contributed by atoms with Gasteiger partial charge in [0.15, 0.2) is 0 Å². The minimum atomic E-state index is 0.365. The number of amides is 1. The van der Waals surface area contributed by atoms with Crippen molar-refractivity contribution in [3.8, 4) is 0 Å². The lowest BCUT2D eigenvalue weighted by Gasteiger charge is -2.32. The van der Waals surface area contributed by atoms with Gasteiger partial charge in [0.05, 0.1) is 6.54 Å². The third-order valence-corrected chi connectivity index (χ3v) is 6.33. The van der Waals surface area contributed by atoms with Crippen LogP contribution in [0.3, 0.4) is 0 Å². The summed E-state index contributed by atoms with van der Waals surface area (Å²) in [6, 6.07) is 0. The number of likely N-dealkylation sites (tertiary alicyclic amines) is 1. The molecule has 1 aliphatic heterocycles. The molecule has 0 atom stereocenters. The predicted octanol–water partition coefficient (Wildman–Crippen LogP) is 3.43. The van der Waals surface area contributed by atoms with Crippen molar-refractivity contribution in [1.29, 1.82) is 0 Å². The van der Waals surface area contributed by atoms with Crippen molar-refractivity contribution in [3.05, 3.63) is 11.6 Å². The number of aromatic nitrogens is 3. The van der Waals surface area contributed by atoms with E-state index in [1.807, 2.05) is 0 Å². The van der Waals surface area contributed by atoms with Crippen molar-refractivity contribution in [1.82, 2.24) is 24.6 Å². The molecule has 2 fully saturated rings. The average molecular weight is 376 g/mol. The molecule has 1 aromatic heterocycles. The highest BCUT2D eigenvalue weighted by Gasteiger charge is 2.28. The first kappa shape index (κ1) is 20.3. The van der Waals surface area contributed by atoms with E-state index < -0.39 is 0 Å². The number of carbonyl (C=O) groups excluding carboxylic acids is 1. The van der Waals surface area contributed by atoms with Gasteiger partial charge in [-0.15, -0.1) is 10.2 Å². The summed E-state index contributed by atoms with van der Waals surface area (Å²) in [5.74, 6) is 3.74. The third kappa shape index (κ3) is 5.31. The maximum absolute atomic E-state index is 12.6. The van der Waals surface area contributed by atoms with Crippen molar-refractivity contribution < 1.29 is 4.79 Å². The van der Waals surface area contributed by atoms with Gasteiger partial charge in [0.2, 0.25) is 5.91 Å². The number of rotatable bonds is 7. The van der Waals surface area contributed by atoms with Gasteiger partial charge >= 0.3 is 0 Å². The van der Waals surface area contributed by atoms with Crippen LogP contribution >= 0.6 is 0 Å². The van der Waals surface area contributed by atoms with Crippen molar-refractivity contribution in [2.75, 3.05) is 27.2 Å². The smallest absolute Gasteiger partial charge is 0.222 e. The van der Waals surface area contributed by atoms with Crippen LogP contribution in [0.4, 0.5) is 0 Å². The Morgan fingerprint density at radius 2 is 1.78 bits per heavy atom. The minimum absolute atomic E-state index is 0.365. The molecule has 6 nitrogen and oxygen atoms in total. The molecule has 1 aromatic rings. The van der Waals surface area contributed by atoms with Gasteiger partial charge in [-0.3, -0.25) is 4.79 Å². The van der Waals surface area contributed by atoms with E-state index in [4.69, 9.17) is 0 Å². The first-order valence-corrected chi connectivity index (χ1v) is 10.9. The van der Waals surface area contributed by atoms with Crippen LogP contribution in [0.25, 0.3) is 0 Å². The molecule has 0 spiro atoms. The zero-order chi connectivity index (χ0) is 19.2. The molecule has 2 heterocycles. The second kappa shape index (κ2) is 9.67. The molecule has 6 heteroatoms. The highest BCUT2D eigenvalue weighted by Crippen LogP contribution is 2.30. The summed E-state index contributed by atoms with van der Waals surface area (Å²) in [6.07, 6.45) is 10.6. The first-order chi connectivity index (χ1) is 13.1. The highest BCUT2D eigenvalue weighted by atomic mass is 16.2. The van der Waals surface area contributed by atoms with Crippen molar-refractivity contribution in [3.63, 3.8) is 0 Å². The van der Waals surface area contributed by atoms with Crippen LogP contribution in [-0.4, -0.2) is 57.7 Å². The molecule has 2 aliphatic rings. The summed E-state index contributed by atoms with van der Waals surface area (Å²) in [5, 5.41) is 8.94. The van der Waals surface area contributed by atoms with Crippen molar-refractivity contribution in [2.45, 2.75) is 83.7 Å². The normalized spacial score (nSPS) is 19.8. The molecule has 3 rings (SSSR count). The van der Waals surface area contributed by atoms with Crippen LogP contribution in [0.15, 0.2) is 0 Å². The van der Waals surface area contributed by atoms with E-state index in [9.17, 15) is 4.79 Å². The molecule has 27 heavy (non-hydrogen) atoms. The Labute approximate surface area is 164 Å². The van der Waals surface area contributed by atoms with E-state index >= 15 is 0 Å². The summed E-state index contributed by atoms with van der Waals surface area (Å²) in [5.41, 5.74) is 0. The molecule has 0 radical (unpaired) electrons. The van der Waals surface area contributed by atoms with E-state index in [0.717, 1.165) is 69.4 Å². The Kier molecular flexibility index (Phi) is 7.27. The minimum Gasteiger partial charge on any atom is -0.343 e. The molecule has 0 aromatic carbocycles. The van der Waals surface area contributed by atoms with Crippen LogP contribution in [0.1, 0.15) is 82.3 Å². The number of nitrogens with zero attached hydrogens (tertiary/aromatic N) is 5. The van der Waals surface area contributed by atoms with Crippen molar-refractivity contribution in [2.24, 2.45) is 5.92 Å². The van der Waals surface area contributed by atoms with Crippen LogP contribution in [0.2, 0.25) is 0 Å². The van der Waals surface area contributed by atoms with Crippen LogP contribution in [-0.2, 0) is 17.9 Å². The van der Waals surface area contributed by atoms with Gasteiger partial charge in [-0.25, -0.2) is 0 Å². The molecule has 1 aliphatic carbocycles. The van der Waals surface area contributed by atoms with E-state index in [1.165, 1.54) is 32.1 Å². The Morgan fingerprint density at radius 1 is 1.07 bits per heavy atom. The number of hydrogen-bond donors (Lipinski definition) is 0. The monoisotopic (exact) mass is 375 g/mol. The molecule has 0 N–H and O–H groups in total. The third-order valence-electron chi connectivity index (χ3n) is 6.33. The molecular formula is C21H37N5O. The SMILES string of the molecule is CCn1c(CN(C)C)nnc1C1CCN(C(=O)CCC2CCCCC2)CC1. The van der Waals surface area contributed by atoms with E-state index in [0.29, 0.717) is 11.8 Å². The van der Waals surface area contributed by atoms with Gasteiger partial charge in [0.25, 0.3) is 0 Å². The summed E-state index contributed by atoms with van der Waals surface area (Å²) >= 11 is 0. The highest BCUT2D eigenvalue weighted by molar-refractivity contribution is 5.76. The number of hydrogen-bond acceptors (Lipinski definition) is 4. The standard InChI is InChI=1S/C21H37N5O/c1-4-26-19(16-24(2)3)22-23-21(26)18-12-14-25(15-13-18)20(27)11-10-17-8-6-5-7-9-17/h17-18H,4-16H2,1-3H3. The first-order valence-electron chi connectivity index (χ1n) is 10.9. The summed E-state index contributed by atoms with van der Waals surface area (Å²) in [7, 11) is 4.12. The van der Waals surface area contributed by atoms with Gasteiger partial charge in [-0.1, -0.05) is 32.1 Å². The fourth-order valence-corrected chi connectivity index (χ4v) is 4.74. The maximum atomic E-state index is 12.6. The van der Waals surface area contributed by atoms with Gasteiger partial charge in [0.1, 0.15) is 11.6 Å². The topological polar surface area (TPSA) is 54.3 Å². The number of piperidine rings is 1. The lowest BCUT2D eigenvalue weighted by Crippen LogP contribution is -2.38. The molecule has 1 saturated carbocycles. The van der Waals surface area contributed by atoms with Crippen LogP contribution < -0.4 is 0 Å². The van der Waals surface area contributed by atoms with E-state index in [-0.39, 0.29) is 0 Å². The summed E-state index contributed by atoms with van der Waals surface area (Å²) in [4.78, 5) is 16.8. The van der Waals surface area contributed by atoms with E-state index in [1.54, 1.807) is 0 Å². The largest absolute Gasteiger partial charge is 0.343 e. The van der Waals surface area contributed by atoms with Crippen LogP contribution in [0, 0.1) is 5.92 Å². The summed E-state index contributed by atoms with van der Waals surface area (Å²) in [6.45, 7) is 5.63. The van der Waals surface area contributed by atoms with E-state index in [2.05, 4.69) is 45.6 Å². The molecule has 1 saturated heterocycles. The number of carbonyl (C=O) groups is 1. The zero-order valence-corrected chi connectivity index (χ0v) is 17.5. The Hall–Kier alpha value is -1.43. The predicted molar refractivity (Wildman–Crippen MR) is 107 cm³/mol. The molecule has 0 unspecified atom stereocenters. The Bertz CT molecular complexity index is 598. The molecule has 1 amide bonds. The average Bonchev–Trinajstić information content (AvgIpc) is 3.08. The van der Waals surface area contributed by atoms with Gasteiger partial charge in [-0.2, -0.15) is 0 Å². The zero-order valence-electron chi connectivity index (χ0n) is 17.5. The second-order valence-corrected chi connectivity index (χ2v) is 8.65. The maximum Gasteiger partial charge on any atom is 0.222 e. The molecule has 152 valence electrons. The fraction of sp³-hybridized carbons (Fsp3) is 0.857. The summed E-state index contributed by atoms with van der Waals surface area (Å²) < 4.78 is 2.27. The lowest BCUT2D eigenvalue weighted by molar-refractivity contribution is -0.132. The Balaban J connectivity index is 1.49. The second-order valence-electron chi connectivity index (χ2n) is 8.65. The van der Waals surface area contributed by atoms with Crippen LogP contribution in [0.5, 0.6) is 0 Å². The quantitative estimate of drug-likeness (QED) is 0.733. The molecule has 0 bridgehead atoms. The van der Waals surface area contributed by atoms with Gasteiger partial charge < -0.3 is 14.4 Å².